The number of carbonyl (C=O) groups is 1. The Balaban J connectivity index is 1.81. The summed E-state index contributed by atoms with van der Waals surface area (Å²) in [5, 5.41) is 1.04. The molecule has 0 atom stereocenters. The highest BCUT2D eigenvalue weighted by atomic mass is 32.1. The van der Waals surface area contributed by atoms with Crippen LogP contribution in [0.15, 0.2) is 57.0 Å². The van der Waals surface area contributed by atoms with Gasteiger partial charge in [-0.1, -0.05) is 43.7 Å². The van der Waals surface area contributed by atoms with E-state index in [0.717, 1.165) is 30.9 Å². The lowest BCUT2D eigenvalue weighted by Gasteiger charge is -2.11. The van der Waals surface area contributed by atoms with E-state index in [9.17, 15) is 14.4 Å². The van der Waals surface area contributed by atoms with Crippen LogP contribution in [0, 0.1) is 6.92 Å². The van der Waals surface area contributed by atoms with Crippen LogP contribution >= 0.6 is 11.3 Å². The van der Waals surface area contributed by atoms with E-state index >= 15 is 0 Å². The first-order chi connectivity index (χ1) is 17.2. The molecule has 0 aliphatic heterocycles. The van der Waals surface area contributed by atoms with Crippen LogP contribution in [0.4, 0.5) is 5.69 Å². The number of esters is 1. The Bertz CT molecular complexity index is 1580. The summed E-state index contributed by atoms with van der Waals surface area (Å²) in [7, 11) is 0. The van der Waals surface area contributed by atoms with Crippen LogP contribution < -0.4 is 17.0 Å². The number of fused-ring (bicyclic) bond motifs is 1. The van der Waals surface area contributed by atoms with Crippen LogP contribution in [0.3, 0.4) is 0 Å². The lowest BCUT2D eigenvalue weighted by molar-refractivity contribution is -0.143. The van der Waals surface area contributed by atoms with E-state index in [1.165, 1.54) is 4.57 Å². The van der Waals surface area contributed by atoms with Crippen molar-refractivity contribution in [3.63, 3.8) is 0 Å². The summed E-state index contributed by atoms with van der Waals surface area (Å²) < 4.78 is 8.34. The summed E-state index contributed by atoms with van der Waals surface area (Å²) in [4.78, 5) is 50.1. The molecule has 9 nitrogen and oxygen atoms in total. The number of aromatic amines is 1. The van der Waals surface area contributed by atoms with Gasteiger partial charge in [-0.3, -0.25) is 14.3 Å². The Morgan fingerprint density at radius 1 is 1.14 bits per heavy atom. The van der Waals surface area contributed by atoms with Gasteiger partial charge in [-0.05, 0) is 37.6 Å². The van der Waals surface area contributed by atoms with Crippen molar-refractivity contribution in [1.82, 2.24) is 19.1 Å². The van der Waals surface area contributed by atoms with Gasteiger partial charge in [-0.15, -0.1) is 11.3 Å². The molecule has 0 saturated heterocycles. The fourth-order valence-corrected chi connectivity index (χ4v) is 4.67. The number of nitrogens with one attached hydrogen (secondary N) is 1. The minimum atomic E-state index is -0.635. The van der Waals surface area contributed by atoms with Gasteiger partial charge in [-0.25, -0.2) is 24.1 Å². The molecule has 0 fully saturated rings. The first kappa shape index (κ1) is 25.3. The molecule has 0 aliphatic carbocycles. The molecule has 0 unspecified atom stereocenters. The number of nitrogens with zero attached hydrogens (tertiary/aromatic N) is 4. The van der Waals surface area contributed by atoms with E-state index < -0.39 is 17.3 Å². The predicted octanol–water partition coefficient (Wildman–Crippen LogP) is 3.61. The van der Waals surface area contributed by atoms with Crippen molar-refractivity contribution in [1.29, 1.82) is 0 Å². The summed E-state index contributed by atoms with van der Waals surface area (Å²) in [6, 6.07) is 13.4. The van der Waals surface area contributed by atoms with E-state index in [2.05, 4.69) is 28.8 Å². The van der Waals surface area contributed by atoms with Crippen molar-refractivity contribution in [3.8, 4) is 0 Å². The number of hydrogen-bond donors (Lipinski definition) is 1. The van der Waals surface area contributed by atoms with Crippen molar-refractivity contribution in [2.24, 2.45) is 4.99 Å². The third kappa shape index (κ3) is 5.71. The molecule has 4 aromatic rings. The Morgan fingerprint density at radius 3 is 2.58 bits per heavy atom. The van der Waals surface area contributed by atoms with Gasteiger partial charge in [0.2, 0.25) is 5.62 Å². The van der Waals surface area contributed by atoms with Crippen LogP contribution in [0.2, 0.25) is 0 Å². The van der Waals surface area contributed by atoms with Gasteiger partial charge in [0.1, 0.15) is 0 Å². The molecule has 0 saturated carbocycles. The largest absolute Gasteiger partial charge is 0.466 e. The van der Waals surface area contributed by atoms with Gasteiger partial charge in [0.25, 0.3) is 0 Å². The Hall–Kier alpha value is -3.79. The molecule has 2 aromatic carbocycles. The average Bonchev–Trinajstić information content (AvgIpc) is 3.27. The number of H-pyrrole nitrogens is 1. The monoisotopic (exact) mass is 507 g/mol. The molecule has 36 heavy (non-hydrogen) atoms. The molecule has 10 heteroatoms. The first-order valence-electron chi connectivity index (χ1n) is 11.9. The zero-order valence-corrected chi connectivity index (χ0v) is 21.6. The molecule has 2 heterocycles. The number of aryl methyl sites for hydroxylation is 1. The van der Waals surface area contributed by atoms with Crippen molar-refractivity contribution < 1.29 is 9.53 Å². The molecular formula is C26H29N5O4S. The van der Waals surface area contributed by atoms with Crippen molar-refractivity contribution in [3.05, 3.63) is 85.2 Å². The third-order valence-corrected chi connectivity index (χ3v) is 6.92. The summed E-state index contributed by atoms with van der Waals surface area (Å²) in [5.41, 5.74) is 2.40. The lowest BCUT2D eigenvalue weighted by atomic mass is 10.1. The Labute approximate surface area is 211 Å². The van der Waals surface area contributed by atoms with Gasteiger partial charge in [0.15, 0.2) is 0 Å². The number of rotatable bonds is 8. The van der Waals surface area contributed by atoms with E-state index in [0.29, 0.717) is 11.6 Å². The summed E-state index contributed by atoms with van der Waals surface area (Å²) >= 11 is 1.60. The van der Waals surface area contributed by atoms with E-state index in [-0.39, 0.29) is 31.7 Å². The molecule has 1 N–H and O–H groups in total. The maximum absolute atomic E-state index is 13.4. The number of hydrogen-bond acceptors (Lipinski definition) is 7. The highest BCUT2D eigenvalue weighted by Gasteiger charge is 2.13. The highest BCUT2D eigenvalue weighted by molar-refractivity contribution is 7.18. The van der Waals surface area contributed by atoms with Crippen molar-refractivity contribution in [2.75, 3.05) is 6.61 Å². The second kappa shape index (κ2) is 10.9. The number of aromatic nitrogens is 4. The molecule has 0 spiro atoms. The van der Waals surface area contributed by atoms with Crippen LogP contribution in [0.25, 0.3) is 10.2 Å². The van der Waals surface area contributed by atoms with E-state index in [1.807, 2.05) is 49.4 Å². The van der Waals surface area contributed by atoms with E-state index in [1.54, 1.807) is 18.3 Å². The average molecular weight is 508 g/mol. The van der Waals surface area contributed by atoms with Crippen LogP contribution in [-0.2, 0) is 22.6 Å². The van der Waals surface area contributed by atoms with Crippen molar-refractivity contribution >= 4 is 33.2 Å². The minimum absolute atomic E-state index is 0.0852. The van der Waals surface area contributed by atoms with Crippen LogP contribution in [0.1, 0.15) is 49.2 Å². The second-order valence-electron chi connectivity index (χ2n) is 8.79. The zero-order valence-electron chi connectivity index (χ0n) is 20.8. The standard InChI is InChI=1S/C26H29N5O4S/c1-5-35-22(32)12-13-30-25(33)29-24(31(26(30)34)15-18-8-6-17(4)7-9-18)27-19-10-11-20-21(14-19)36-23(28-20)16(2)3/h6-11,14,16H,5,12-13,15H2,1-4H3,(H,27,29,33). The topological polar surface area (TPSA) is 111 Å². The lowest BCUT2D eigenvalue weighted by Crippen LogP contribution is -2.50. The highest BCUT2D eigenvalue weighted by Crippen LogP contribution is 2.29. The number of thiazole rings is 1. The molecule has 4 rings (SSSR count). The van der Waals surface area contributed by atoms with E-state index in [4.69, 9.17) is 4.74 Å². The molecule has 0 radical (unpaired) electrons. The Kier molecular flexibility index (Phi) is 7.64. The van der Waals surface area contributed by atoms with Crippen LogP contribution in [-0.4, -0.2) is 31.7 Å². The van der Waals surface area contributed by atoms with Gasteiger partial charge < -0.3 is 4.74 Å². The molecule has 0 bridgehead atoms. The normalized spacial score (nSPS) is 12.0. The molecule has 0 amide bonds. The fourth-order valence-electron chi connectivity index (χ4n) is 3.66. The van der Waals surface area contributed by atoms with Crippen molar-refractivity contribution in [2.45, 2.75) is 53.1 Å². The van der Waals surface area contributed by atoms with Gasteiger partial charge >= 0.3 is 17.3 Å². The van der Waals surface area contributed by atoms with Gasteiger partial charge in [0, 0.05) is 12.5 Å². The zero-order chi connectivity index (χ0) is 25.8. The number of ether oxygens (including phenoxy) is 1. The summed E-state index contributed by atoms with van der Waals surface area (Å²) in [6.45, 7) is 8.23. The SMILES string of the molecule is CCOC(=O)CCn1c(=O)[nH]/c(=N\c2ccc3nc(C(C)C)sc3c2)n(Cc2ccc(C)cc2)c1=O. The summed E-state index contributed by atoms with van der Waals surface area (Å²) in [5.74, 6) is -0.153. The predicted molar refractivity (Wildman–Crippen MR) is 140 cm³/mol. The van der Waals surface area contributed by atoms with Gasteiger partial charge in [0.05, 0.1) is 40.5 Å². The molecule has 188 valence electrons. The smallest absolute Gasteiger partial charge is 0.335 e. The maximum Gasteiger partial charge on any atom is 0.335 e. The third-order valence-electron chi connectivity index (χ3n) is 5.60. The van der Waals surface area contributed by atoms with Crippen LogP contribution in [0.5, 0.6) is 0 Å². The first-order valence-corrected chi connectivity index (χ1v) is 12.7. The summed E-state index contributed by atoms with van der Waals surface area (Å²) in [6.07, 6.45) is -0.0852. The molecule has 2 aromatic heterocycles. The number of benzene rings is 2. The molecule has 0 aliphatic rings. The molecular weight excluding hydrogens is 478 g/mol. The second-order valence-corrected chi connectivity index (χ2v) is 9.85. The number of carbonyl (C=O) groups excluding carboxylic acids is 1. The maximum atomic E-state index is 13.4. The quantitative estimate of drug-likeness (QED) is 0.366. The fraction of sp³-hybridized carbons (Fsp3) is 0.346. The van der Waals surface area contributed by atoms with Gasteiger partial charge in [-0.2, -0.15) is 0 Å². The Morgan fingerprint density at radius 2 is 1.89 bits per heavy atom. The minimum Gasteiger partial charge on any atom is -0.466 e.